The van der Waals surface area contributed by atoms with Crippen molar-refractivity contribution in [3.05, 3.63) is 53.9 Å². The van der Waals surface area contributed by atoms with Crippen LogP contribution in [0.1, 0.15) is 42.7 Å². The van der Waals surface area contributed by atoms with E-state index in [0.29, 0.717) is 11.6 Å². The molecule has 164 valence electrons. The highest BCUT2D eigenvalue weighted by atomic mass is 32.2. The zero-order valence-electron chi connectivity index (χ0n) is 16.9. The normalized spacial score (nSPS) is 19.2. The Morgan fingerprint density at radius 1 is 1.26 bits per heavy atom. The Morgan fingerprint density at radius 2 is 2.06 bits per heavy atom. The monoisotopic (exact) mass is 446 g/mol. The fraction of sp³-hybridized carbons (Fsp3) is 0.350. The minimum atomic E-state index is -4.17. The Balaban J connectivity index is 1.59. The second-order valence-electron chi connectivity index (χ2n) is 7.49. The molecule has 0 amide bonds. The van der Waals surface area contributed by atoms with Crippen molar-refractivity contribution in [1.29, 1.82) is 0 Å². The number of rotatable bonds is 6. The topological polar surface area (TPSA) is 136 Å². The largest absolute Gasteiger partial charge is 0.489 e. The van der Waals surface area contributed by atoms with Crippen LogP contribution in [0.5, 0.6) is 5.75 Å². The molecule has 3 aromatic rings. The van der Waals surface area contributed by atoms with Crippen LogP contribution >= 0.6 is 0 Å². The lowest BCUT2D eigenvalue weighted by molar-refractivity contribution is 0.129. The van der Waals surface area contributed by atoms with Gasteiger partial charge in [-0.05, 0) is 44.4 Å². The minimum absolute atomic E-state index is 0.0257. The number of benzene rings is 1. The molecule has 0 bridgehead atoms. The van der Waals surface area contributed by atoms with Gasteiger partial charge in [-0.1, -0.05) is 6.42 Å². The number of hydrogen-bond acceptors (Lipinski definition) is 7. The zero-order chi connectivity index (χ0) is 22.0. The van der Waals surface area contributed by atoms with E-state index >= 15 is 4.39 Å². The molecular weight excluding hydrogens is 423 g/mol. The first-order chi connectivity index (χ1) is 14.9. The highest BCUT2D eigenvalue weighted by Gasteiger charge is 2.32. The quantitative estimate of drug-likeness (QED) is 0.529. The summed E-state index contributed by atoms with van der Waals surface area (Å²) in [4.78, 5) is 7.06. The zero-order valence-corrected chi connectivity index (χ0v) is 17.7. The Bertz CT molecular complexity index is 1170. The van der Waals surface area contributed by atoms with E-state index < -0.39 is 20.7 Å². The molecule has 2 atom stereocenters. The summed E-state index contributed by atoms with van der Waals surface area (Å²) in [6, 6.07) is 4.06. The number of aromatic nitrogens is 4. The molecule has 9 nitrogen and oxygen atoms in total. The van der Waals surface area contributed by atoms with Gasteiger partial charge >= 0.3 is 0 Å². The van der Waals surface area contributed by atoms with Gasteiger partial charge in [-0.3, -0.25) is 9.82 Å². The summed E-state index contributed by atoms with van der Waals surface area (Å²) in [5.41, 5.74) is 7.00. The molecule has 1 fully saturated rings. The molecule has 0 spiro atoms. The van der Waals surface area contributed by atoms with Crippen LogP contribution in [-0.4, -0.2) is 34.7 Å². The van der Waals surface area contributed by atoms with E-state index in [1.54, 1.807) is 6.20 Å². The number of aromatic amines is 1. The van der Waals surface area contributed by atoms with Crippen molar-refractivity contribution in [2.45, 2.75) is 49.5 Å². The van der Waals surface area contributed by atoms with Crippen LogP contribution in [0.15, 0.2) is 41.8 Å². The second kappa shape index (κ2) is 8.50. The summed E-state index contributed by atoms with van der Waals surface area (Å²) in [6.07, 6.45) is 7.75. The summed E-state index contributed by atoms with van der Waals surface area (Å²) in [6.45, 7) is 1.50. The van der Waals surface area contributed by atoms with Gasteiger partial charge in [0.2, 0.25) is 0 Å². The first-order valence-electron chi connectivity index (χ1n) is 9.90. The number of nitrogens with one attached hydrogen (secondary N) is 2. The molecule has 0 unspecified atom stereocenters. The molecule has 1 aromatic carbocycles. The molecule has 11 heteroatoms. The van der Waals surface area contributed by atoms with E-state index in [4.69, 9.17) is 10.5 Å². The third kappa shape index (κ3) is 4.31. The SMILES string of the molecule is Cc1c(O[C@H]2CCCC[C@@H]2c2cn[nH]c2N)ccc(S(=O)(=O)Nc2ccncn2)c1F. The number of sulfonamides is 1. The van der Waals surface area contributed by atoms with E-state index in [9.17, 15) is 8.42 Å². The summed E-state index contributed by atoms with van der Waals surface area (Å²) in [5.74, 6) is 0.0141. The van der Waals surface area contributed by atoms with Crippen molar-refractivity contribution < 1.29 is 17.5 Å². The van der Waals surface area contributed by atoms with Crippen molar-refractivity contribution in [2.24, 2.45) is 0 Å². The fourth-order valence-corrected chi connectivity index (χ4v) is 5.02. The van der Waals surface area contributed by atoms with Crippen LogP contribution in [0.4, 0.5) is 16.0 Å². The number of H-pyrrole nitrogens is 1. The number of nitrogen functional groups attached to an aromatic ring is 1. The third-order valence-corrected chi connectivity index (χ3v) is 6.86. The number of halogens is 1. The maximum atomic E-state index is 15.1. The van der Waals surface area contributed by atoms with Gasteiger partial charge in [0.15, 0.2) is 0 Å². The van der Waals surface area contributed by atoms with Crippen molar-refractivity contribution in [2.75, 3.05) is 10.5 Å². The van der Waals surface area contributed by atoms with Crippen LogP contribution in [0.3, 0.4) is 0 Å². The summed E-state index contributed by atoms with van der Waals surface area (Å²) in [7, 11) is -4.17. The predicted octanol–water partition coefficient (Wildman–Crippen LogP) is 3.14. The van der Waals surface area contributed by atoms with Gasteiger partial charge in [0, 0.05) is 23.2 Å². The summed E-state index contributed by atoms with van der Waals surface area (Å²) < 4.78 is 48.8. The summed E-state index contributed by atoms with van der Waals surface area (Å²) >= 11 is 0. The first kappa shape index (κ1) is 21.0. The van der Waals surface area contributed by atoms with Crippen molar-refractivity contribution >= 4 is 21.7 Å². The average Bonchev–Trinajstić information content (AvgIpc) is 3.18. The molecule has 1 aliphatic carbocycles. The van der Waals surface area contributed by atoms with Gasteiger partial charge in [0.1, 0.15) is 40.5 Å². The van der Waals surface area contributed by atoms with Crippen LogP contribution in [0.25, 0.3) is 0 Å². The standard InChI is InChI=1S/C20H23FN6O3S/c1-12-15(30-16-5-3-2-4-13(16)14-10-25-26-20(14)22)6-7-17(19(12)21)31(28,29)27-18-8-9-23-11-24-18/h6-11,13,16H,2-5H2,1H3,(H3,22,25,26)(H,23,24,27)/t13-,16+/m1/s1. The van der Waals surface area contributed by atoms with Crippen molar-refractivity contribution in [1.82, 2.24) is 20.2 Å². The van der Waals surface area contributed by atoms with E-state index in [1.165, 1.54) is 37.6 Å². The first-order valence-corrected chi connectivity index (χ1v) is 11.4. The van der Waals surface area contributed by atoms with Gasteiger partial charge < -0.3 is 10.5 Å². The number of hydrogen-bond donors (Lipinski definition) is 3. The number of nitrogens with two attached hydrogens (primary N) is 1. The highest BCUT2D eigenvalue weighted by Crippen LogP contribution is 2.38. The lowest BCUT2D eigenvalue weighted by atomic mass is 9.82. The number of ether oxygens (including phenoxy) is 1. The maximum absolute atomic E-state index is 15.1. The molecular formula is C20H23FN6O3S. The van der Waals surface area contributed by atoms with Crippen LogP contribution in [0.2, 0.25) is 0 Å². The molecule has 1 aliphatic rings. The molecule has 0 saturated heterocycles. The van der Waals surface area contributed by atoms with E-state index in [0.717, 1.165) is 31.2 Å². The second-order valence-corrected chi connectivity index (χ2v) is 9.14. The molecule has 2 heterocycles. The molecule has 0 radical (unpaired) electrons. The fourth-order valence-electron chi connectivity index (χ4n) is 3.88. The Morgan fingerprint density at radius 3 is 2.77 bits per heavy atom. The summed E-state index contributed by atoms with van der Waals surface area (Å²) in [5, 5.41) is 6.74. The Labute approximate surface area is 179 Å². The van der Waals surface area contributed by atoms with Gasteiger partial charge in [0.25, 0.3) is 10.0 Å². The van der Waals surface area contributed by atoms with Crippen LogP contribution in [-0.2, 0) is 10.0 Å². The molecule has 4 N–H and O–H groups in total. The molecule has 2 aromatic heterocycles. The molecule has 1 saturated carbocycles. The lowest BCUT2D eigenvalue weighted by Gasteiger charge is -2.32. The van der Waals surface area contributed by atoms with Crippen molar-refractivity contribution in [3.8, 4) is 5.75 Å². The Hall–Kier alpha value is -3.21. The van der Waals surface area contributed by atoms with Crippen LogP contribution in [0, 0.1) is 12.7 Å². The van der Waals surface area contributed by atoms with Gasteiger partial charge in [-0.15, -0.1) is 0 Å². The average molecular weight is 447 g/mol. The van der Waals surface area contributed by atoms with Crippen molar-refractivity contribution in [3.63, 3.8) is 0 Å². The lowest BCUT2D eigenvalue weighted by Crippen LogP contribution is -2.29. The number of anilines is 2. The van der Waals surface area contributed by atoms with Crippen LogP contribution < -0.4 is 15.2 Å². The minimum Gasteiger partial charge on any atom is -0.489 e. The smallest absolute Gasteiger partial charge is 0.265 e. The molecule has 4 rings (SSSR count). The van der Waals surface area contributed by atoms with E-state index in [1.807, 2.05) is 0 Å². The third-order valence-electron chi connectivity index (χ3n) is 5.49. The van der Waals surface area contributed by atoms with Gasteiger partial charge in [-0.2, -0.15) is 5.10 Å². The van der Waals surface area contributed by atoms with Gasteiger partial charge in [-0.25, -0.2) is 22.8 Å². The van der Waals surface area contributed by atoms with E-state index in [2.05, 4.69) is 24.9 Å². The highest BCUT2D eigenvalue weighted by molar-refractivity contribution is 7.92. The predicted molar refractivity (Wildman–Crippen MR) is 113 cm³/mol. The van der Waals surface area contributed by atoms with Gasteiger partial charge in [0.05, 0.1) is 6.20 Å². The van der Waals surface area contributed by atoms with E-state index in [-0.39, 0.29) is 23.4 Å². The number of nitrogens with zero attached hydrogens (tertiary/aromatic N) is 3. The Kier molecular flexibility index (Phi) is 5.77. The molecule has 31 heavy (non-hydrogen) atoms. The maximum Gasteiger partial charge on any atom is 0.265 e. The molecule has 0 aliphatic heterocycles.